The second-order valence-corrected chi connectivity index (χ2v) is 6.57. The Labute approximate surface area is 142 Å². The highest BCUT2D eigenvalue weighted by Crippen LogP contribution is 2.28. The zero-order valence-electron chi connectivity index (χ0n) is 14.6. The molecule has 1 N–H and O–H groups in total. The zero-order valence-corrected chi connectivity index (χ0v) is 14.6. The van der Waals surface area contributed by atoms with Crippen LogP contribution in [0.4, 0.5) is 5.82 Å². The molecule has 0 unspecified atom stereocenters. The molecule has 0 aromatic carbocycles. The average Bonchev–Trinajstić information content (AvgIpc) is 3.11. The molecule has 3 heterocycles. The van der Waals surface area contributed by atoms with E-state index in [1.165, 1.54) is 5.56 Å². The van der Waals surface area contributed by atoms with Crippen LogP contribution in [0.3, 0.4) is 0 Å². The molecule has 1 atom stereocenters. The van der Waals surface area contributed by atoms with Crippen molar-refractivity contribution >= 4 is 11.7 Å². The molecule has 6 nitrogen and oxygen atoms in total. The van der Waals surface area contributed by atoms with Gasteiger partial charge in [0.05, 0.1) is 0 Å². The van der Waals surface area contributed by atoms with Crippen molar-refractivity contribution in [3.05, 3.63) is 41.9 Å². The molecule has 1 saturated heterocycles. The average molecular weight is 327 g/mol. The number of aromatic nitrogens is 3. The summed E-state index contributed by atoms with van der Waals surface area (Å²) >= 11 is 0. The normalized spacial score (nSPS) is 18.0. The summed E-state index contributed by atoms with van der Waals surface area (Å²) in [4.78, 5) is 19.2. The van der Waals surface area contributed by atoms with E-state index < -0.39 is 0 Å². The van der Waals surface area contributed by atoms with Gasteiger partial charge in [0.1, 0.15) is 11.5 Å². The number of likely N-dealkylation sites (tertiary alicyclic amines) is 1. The Morgan fingerprint density at radius 1 is 1.33 bits per heavy atom. The van der Waals surface area contributed by atoms with E-state index in [1.54, 1.807) is 10.9 Å². The highest BCUT2D eigenvalue weighted by atomic mass is 16.2. The predicted molar refractivity (Wildman–Crippen MR) is 94.3 cm³/mol. The van der Waals surface area contributed by atoms with Gasteiger partial charge in [0.2, 0.25) is 0 Å². The maximum Gasteiger partial charge on any atom is 0.272 e. The van der Waals surface area contributed by atoms with Crippen molar-refractivity contribution in [2.45, 2.75) is 38.6 Å². The second-order valence-electron chi connectivity index (χ2n) is 6.57. The van der Waals surface area contributed by atoms with Gasteiger partial charge in [-0.05, 0) is 50.5 Å². The van der Waals surface area contributed by atoms with Crippen LogP contribution >= 0.6 is 0 Å². The molecular formula is C18H25N5O. The molecule has 2 aromatic rings. The van der Waals surface area contributed by atoms with E-state index in [0.717, 1.165) is 31.7 Å². The van der Waals surface area contributed by atoms with E-state index in [2.05, 4.69) is 27.5 Å². The highest BCUT2D eigenvalue weighted by molar-refractivity contribution is 5.92. The molecule has 1 amide bonds. The fourth-order valence-corrected chi connectivity index (χ4v) is 3.33. The molecule has 3 rings (SSSR count). The van der Waals surface area contributed by atoms with Crippen LogP contribution in [0.1, 0.15) is 54.7 Å². The van der Waals surface area contributed by atoms with Gasteiger partial charge < -0.3 is 10.2 Å². The monoisotopic (exact) mass is 327 g/mol. The van der Waals surface area contributed by atoms with E-state index in [1.807, 2.05) is 38.1 Å². The highest BCUT2D eigenvalue weighted by Gasteiger charge is 2.27. The van der Waals surface area contributed by atoms with Crippen molar-refractivity contribution in [1.82, 2.24) is 19.7 Å². The van der Waals surface area contributed by atoms with E-state index in [-0.39, 0.29) is 11.9 Å². The Bertz CT molecular complexity index is 709. The summed E-state index contributed by atoms with van der Waals surface area (Å²) in [7, 11) is 1.87. The minimum absolute atomic E-state index is 0.0776. The molecule has 0 spiro atoms. The lowest BCUT2D eigenvalue weighted by molar-refractivity contribution is 0.0692. The maximum absolute atomic E-state index is 12.9. The van der Waals surface area contributed by atoms with Gasteiger partial charge in [0, 0.05) is 44.5 Å². The van der Waals surface area contributed by atoms with Gasteiger partial charge in [-0.15, -0.1) is 0 Å². The van der Waals surface area contributed by atoms with Gasteiger partial charge >= 0.3 is 0 Å². The number of piperidine rings is 1. The fraction of sp³-hybridized carbons (Fsp3) is 0.500. The molecule has 128 valence electrons. The zero-order chi connectivity index (χ0) is 17.1. The first-order valence-corrected chi connectivity index (χ1v) is 8.56. The summed E-state index contributed by atoms with van der Waals surface area (Å²) in [6, 6.07) is 6.13. The largest absolute Gasteiger partial charge is 0.373 e. The number of anilines is 1. The molecule has 0 aliphatic carbocycles. The Kier molecular flexibility index (Phi) is 4.83. The predicted octanol–water partition coefficient (Wildman–Crippen LogP) is 2.92. The minimum atomic E-state index is 0.0776. The van der Waals surface area contributed by atoms with Gasteiger partial charge in [-0.3, -0.25) is 9.48 Å². The van der Waals surface area contributed by atoms with Crippen molar-refractivity contribution in [2.75, 3.05) is 25.5 Å². The second kappa shape index (κ2) is 7.03. The standard InChI is InChI=1S/C18H25N5O/c1-13(2)23-16(7-9-21-23)18(24)22-10-4-5-15(12-22)14-6-8-20-17(11-14)19-3/h6-9,11,13,15H,4-5,10,12H2,1-3H3,(H,19,20)/t15-/m0/s1. The SMILES string of the molecule is CNc1cc([C@H]2CCCN(C(=O)c3ccnn3C(C)C)C2)ccn1. The molecule has 0 radical (unpaired) electrons. The summed E-state index contributed by atoms with van der Waals surface area (Å²) in [6.45, 7) is 5.63. The fourth-order valence-electron chi connectivity index (χ4n) is 3.33. The van der Waals surface area contributed by atoms with Gasteiger partial charge in [0.25, 0.3) is 5.91 Å². The van der Waals surface area contributed by atoms with Crippen molar-refractivity contribution < 1.29 is 4.79 Å². The van der Waals surface area contributed by atoms with Crippen LogP contribution in [0.25, 0.3) is 0 Å². The summed E-state index contributed by atoms with van der Waals surface area (Å²) < 4.78 is 1.80. The molecule has 24 heavy (non-hydrogen) atoms. The first kappa shape index (κ1) is 16.5. The van der Waals surface area contributed by atoms with Crippen molar-refractivity contribution in [3.63, 3.8) is 0 Å². The van der Waals surface area contributed by atoms with E-state index >= 15 is 0 Å². The summed E-state index contributed by atoms with van der Waals surface area (Å²) in [5.74, 6) is 1.30. The lowest BCUT2D eigenvalue weighted by Gasteiger charge is -2.33. The number of rotatable bonds is 4. The van der Waals surface area contributed by atoms with Crippen molar-refractivity contribution in [2.24, 2.45) is 0 Å². The summed E-state index contributed by atoms with van der Waals surface area (Å²) in [5, 5.41) is 7.36. The van der Waals surface area contributed by atoms with Gasteiger partial charge in [-0.2, -0.15) is 5.10 Å². The van der Waals surface area contributed by atoms with Crippen LogP contribution in [-0.2, 0) is 0 Å². The number of nitrogens with zero attached hydrogens (tertiary/aromatic N) is 4. The lowest BCUT2D eigenvalue weighted by atomic mass is 9.91. The van der Waals surface area contributed by atoms with E-state index in [0.29, 0.717) is 11.6 Å². The lowest BCUT2D eigenvalue weighted by Crippen LogP contribution is -2.40. The molecule has 0 bridgehead atoms. The first-order chi connectivity index (χ1) is 11.6. The smallest absolute Gasteiger partial charge is 0.272 e. The Morgan fingerprint density at radius 2 is 2.17 bits per heavy atom. The molecule has 0 saturated carbocycles. The number of carbonyl (C=O) groups is 1. The molecular weight excluding hydrogens is 302 g/mol. The van der Waals surface area contributed by atoms with Crippen LogP contribution in [0.2, 0.25) is 0 Å². The number of amides is 1. The number of hydrogen-bond donors (Lipinski definition) is 1. The summed E-state index contributed by atoms with van der Waals surface area (Å²) in [6.07, 6.45) is 5.65. The van der Waals surface area contributed by atoms with Gasteiger partial charge in [-0.25, -0.2) is 4.98 Å². The molecule has 2 aromatic heterocycles. The van der Waals surface area contributed by atoms with Crippen LogP contribution in [0.15, 0.2) is 30.6 Å². The van der Waals surface area contributed by atoms with E-state index in [9.17, 15) is 4.79 Å². The topological polar surface area (TPSA) is 63.1 Å². The third kappa shape index (κ3) is 3.27. The number of hydrogen-bond acceptors (Lipinski definition) is 4. The molecule has 1 fully saturated rings. The molecule has 1 aliphatic rings. The van der Waals surface area contributed by atoms with Gasteiger partial charge in [0.15, 0.2) is 0 Å². The van der Waals surface area contributed by atoms with Crippen molar-refractivity contribution in [3.8, 4) is 0 Å². The van der Waals surface area contributed by atoms with Crippen molar-refractivity contribution in [1.29, 1.82) is 0 Å². The molecule has 1 aliphatic heterocycles. The third-order valence-corrected chi connectivity index (χ3v) is 4.60. The van der Waals surface area contributed by atoms with Gasteiger partial charge in [-0.1, -0.05) is 0 Å². The Morgan fingerprint density at radius 3 is 2.92 bits per heavy atom. The van der Waals surface area contributed by atoms with Crippen LogP contribution in [-0.4, -0.2) is 45.7 Å². The quantitative estimate of drug-likeness (QED) is 0.938. The first-order valence-electron chi connectivity index (χ1n) is 8.56. The number of carbonyl (C=O) groups excluding carboxylic acids is 1. The maximum atomic E-state index is 12.9. The van der Waals surface area contributed by atoms with Crippen LogP contribution < -0.4 is 5.32 Å². The summed E-state index contributed by atoms with van der Waals surface area (Å²) in [5.41, 5.74) is 1.92. The molecule has 6 heteroatoms. The van der Waals surface area contributed by atoms with Crippen LogP contribution in [0.5, 0.6) is 0 Å². The van der Waals surface area contributed by atoms with Crippen LogP contribution in [0, 0.1) is 0 Å². The number of nitrogens with one attached hydrogen (secondary N) is 1. The van der Waals surface area contributed by atoms with E-state index in [4.69, 9.17) is 0 Å². The third-order valence-electron chi connectivity index (χ3n) is 4.60. The Balaban J connectivity index is 1.77. The number of pyridine rings is 1. The Hall–Kier alpha value is -2.37. The minimum Gasteiger partial charge on any atom is -0.373 e.